The highest BCUT2D eigenvalue weighted by molar-refractivity contribution is 7.89. The van der Waals surface area contributed by atoms with Crippen molar-refractivity contribution in [3.8, 4) is 0 Å². The Balaban J connectivity index is 1.67. The summed E-state index contributed by atoms with van der Waals surface area (Å²) in [5.74, 6) is -0.0516. The molecule has 6 nitrogen and oxygen atoms in total. The number of amides is 1. The Morgan fingerprint density at radius 3 is 2.52 bits per heavy atom. The lowest BCUT2D eigenvalue weighted by atomic mass is 10.1. The van der Waals surface area contributed by atoms with Crippen LogP contribution in [0.4, 0.5) is 0 Å². The summed E-state index contributed by atoms with van der Waals surface area (Å²) < 4.78 is 26.3. The summed E-state index contributed by atoms with van der Waals surface area (Å²) in [6.07, 6.45) is 4.29. The van der Waals surface area contributed by atoms with E-state index in [2.05, 4.69) is 22.3 Å². The first-order valence-electron chi connectivity index (χ1n) is 10.1. The number of benzene rings is 1. The van der Waals surface area contributed by atoms with E-state index in [0.29, 0.717) is 25.9 Å². The van der Waals surface area contributed by atoms with Crippen LogP contribution in [-0.4, -0.2) is 61.5 Å². The molecule has 150 valence electrons. The predicted molar refractivity (Wildman–Crippen MR) is 107 cm³/mol. The molecule has 0 saturated carbocycles. The quantitative estimate of drug-likeness (QED) is 0.735. The van der Waals surface area contributed by atoms with Gasteiger partial charge >= 0.3 is 0 Å². The third-order valence-electron chi connectivity index (χ3n) is 5.56. The lowest BCUT2D eigenvalue weighted by Gasteiger charge is -2.29. The van der Waals surface area contributed by atoms with Gasteiger partial charge < -0.3 is 5.32 Å². The number of nitrogens with one attached hydrogen (secondary N) is 1. The zero-order valence-electron chi connectivity index (χ0n) is 16.1. The minimum Gasteiger partial charge on any atom is -0.353 e. The number of hydrogen-bond acceptors (Lipinski definition) is 4. The smallest absolute Gasteiger partial charge is 0.238 e. The molecule has 2 unspecified atom stereocenters. The van der Waals surface area contributed by atoms with Crippen molar-refractivity contribution in [1.29, 1.82) is 0 Å². The summed E-state index contributed by atoms with van der Waals surface area (Å²) in [6, 6.07) is 9.83. The van der Waals surface area contributed by atoms with E-state index in [1.807, 2.05) is 25.1 Å². The molecule has 7 heteroatoms. The van der Waals surface area contributed by atoms with Gasteiger partial charge in [-0.05, 0) is 50.8 Å². The SMILES string of the molecule is CCCS(=O)(=O)N1CCCC1C(=O)NCC(c1ccccc1)N1CCCC1. The van der Waals surface area contributed by atoms with Crippen LogP contribution in [0, 0.1) is 0 Å². The molecule has 1 aromatic carbocycles. The van der Waals surface area contributed by atoms with Crippen molar-refractivity contribution in [2.45, 2.75) is 51.1 Å². The highest BCUT2D eigenvalue weighted by atomic mass is 32.2. The van der Waals surface area contributed by atoms with Crippen molar-refractivity contribution in [2.24, 2.45) is 0 Å². The number of nitrogens with zero attached hydrogens (tertiary/aromatic N) is 2. The molecule has 2 atom stereocenters. The van der Waals surface area contributed by atoms with E-state index in [1.165, 1.54) is 22.7 Å². The molecule has 0 aromatic heterocycles. The van der Waals surface area contributed by atoms with Gasteiger partial charge in [-0.2, -0.15) is 4.31 Å². The molecule has 2 heterocycles. The van der Waals surface area contributed by atoms with E-state index in [-0.39, 0.29) is 17.7 Å². The number of likely N-dealkylation sites (tertiary alicyclic amines) is 1. The zero-order valence-corrected chi connectivity index (χ0v) is 17.0. The van der Waals surface area contributed by atoms with Crippen molar-refractivity contribution in [3.05, 3.63) is 35.9 Å². The monoisotopic (exact) mass is 393 g/mol. The van der Waals surface area contributed by atoms with Crippen LogP contribution in [-0.2, 0) is 14.8 Å². The van der Waals surface area contributed by atoms with Crippen LogP contribution in [0.2, 0.25) is 0 Å². The lowest BCUT2D eigenvalue weighted by molar-refractivity contribution is -0.124. The van der Waals surface area contributed by atoms with Gasteiger partial charge in [-0.15, -0.1) is 0 Å². The predicted octanol–water partition coefficient (Wildman–Crippen LogP) is 2.14. The van der Waals surface area contributed by atoms with Crippen molar-refractivity contribution >= 4 is 15.9 Å². The minimum absolute atomic E-state index is 0.108. The first kappa shape index (κ1) is 20.3. The second-order valence-corrected chi connectivity index (χ2v) is 9.54. The number of carbonyl (C=O) groups excluding carboxylic acids is 1. The third kappa shape index (κ3) is 4.89. The lowest BCUT2D eigenvalue weighted by Crippen LogP contribution is -2.48. The third-order valence-corrected chi connectivity index (χ3v) is 7.64. The first-order valence-corrected chi connectivity index (χ1v) is 11.7. The average molecular weight is 394 g/mol. The van der Waals surface area contributed by atoms with E-state index < -0.39 is 16.1 Å². The Kier molecular flexibility index (Phi) is 6.89. The van der Waals surface area contributed by atoms with Gasteiger partial charge in [0.05, 0.1) is 11.8 Å². The Labute approximate surface area is 163 Å². The number of hydrogen-bond donors (Lipinski definition) is 1. The minimum atomic E-state index is -3.35. The maximum atomic E-state index is 12.8. The van der Waals surface area contributed by atoms with Crippen LogP contribution in [0.15, 0.2) is 30.3 Å². The summed E-state index contributed by atoms with van der Waals surface area (Å²) in [4.78, 5) is 15.2. The Morgan fingerprint density at radius 1 is 1.15 bits per heavy atom. The molecule has 2 aliphatic rings. The van der Waals surface area contributed by atoms with Gasteiger partial charge in [0.1, 0.15) is 6.04 Å². The van der Waals surface area contributed by atoms with Crippen molar-refractivity contribution < 1.29 is 13.2 Å². The second-order valence-electron chi connectivity index (χ2n) is 7.50. The molecule has 2 aliphatic heterocycles. The highest BCUT2D eigenvalue weighted by Gasteiger charge is 2.38. The van der Waals surface area contributed by atoms with Gasteiger partial charge in [-0.1, -0.05) is 37.3 Å². The van der Waals surface area contributed by atoms with Gasteiger partial charge in [0.25, 0.3) is 0 Å². The van der Waals surface area contributed by atoms with Crippen molar-refractivity contribution in [3.63, 3.8) is 0 Å². The highest BCUT2D eigenvalue weighted by Crippen LogP contribution is 2.25. The van der Waals surface area contributed by atoms with Crippen LogP contribution < -0.4 is 5.32 Å². The fraction of sp³-hybridized carbons (Fsp3) is 0.650. The van der Waals surface area contributed by atoms with Crippen LogP contribution in [0.3, 0.4) is 0 Å². The van der Waals surface area contributed by atoms with Gasteiger partial charge in [-0.3, -0.25) is 9.69 Å². The fourth-order valence-corrected chi connectivity index (χ4v) is 5.96. The largest absolute Gasteiger partial charge is 0.353 e. The molecule has 0 spiro atoms. The molecule has 1 N–H and O–H groups in total. The normalized spacial score (nSPS) is 22.8. The summed E-state index contributed by atoms with van der Waals surface area (Å²) in [5, 5.41) is 3.06. The number of carbonyl (C=O) groups is 1. The molecule has 0 radical (unpaired) electrons. The van der Waals surface area contributed by atoms with E-state index in [0.717, 1.165) is 19.5 Å². The van der Waals surface area contributed by atoms with Gasteiger partial charge in [0.2, 0.25) is 15.9 Å². The van der Waals surface area contributed by atoms with Crippen LogP contribution in [0.1, 0.15) is 50.6 Å². The maximum absolute atomic E-state index is 12.8. The Bertz CT molecular complexity index is 717. The molecule has 2 fully saturated rings. The van der Waals surface area contributed by atoms with Crippen molar-refractivity contribution in [1.82, 2.24) is 14.5 Å². The summed E-state index contributed by atoms with van der Waals surface area (Å²) >= 11 is 0. The van der Waals surface area contributed by atoms with Crippen LogP contribution in [0.5, 0.6) is 0 Å². The topological polar surface area (TPSA) is 69.7 Å². The zero-order chi connectivity index (χ0) is 19.3. The average Bonchev–Trinajstić information content (AvgIpc) is 3.35. The molecule has 0 aliphatic carbocycles. The molecule has 3 rings (SSSR count). The summed E-state index contributed by atoms with van der Waals surface area (Å²) in [7, 11) is -3.35. The number of rotatable bonds is 8. The van der Waals surface area contributed by atoms with Gasteiger partial charge in [0.15, 0.2) is 0 Å². The summed E-state index contributed by atoms with van der Waals surface area (Å²) in [6.45, 7) is 4.89. The van der Waals surface area contributed by atoms with Crippen LogP contribution >= 0.6 is 0 Å². The van der Waals surface area contributed by atoms with Crippen LogP contribution in [0.25, 0.3) is 0 Å². The van der Waals surface area contributed by atoms with Gasteiger partial charge in [-0.25, -0.2) is 8.42 Å². The Morgan fingerprint density at radius 2 is 1.85 bits per heavy atom. The molecular formula is C20H31N3O3S. The molecular weight excluding hydrogens is 362 g/mol. The molecule has 2 saturated heterocycles. The standard InChI is InChI=1S/C20H31N3O3S/c1-2-15-27(25,26)23-14-8-11-18(23)20(24)21-16-19(22-12-6-7-13-22)17-9-4-3-5-10-17/h3-5,9-10,18-19H,2,6-8,11-16H2,1H3,(H,21,24). The first-order chi connectivity index (χ1) is 13.0. The van der Waals surface area contributed by atoms with E-state index in [4.69, 9.17) is 0 Å². The van der Waals surface area contributed by atoms with Crippen molar-refractivity contribution in [2.75, 3.05) is 31.9 Å². The molecule has 1 aromatic rings. The van der Waals surface area contributed by atoms with E-state index >= 15 is 0 Å². The molecule has 27 heavy (non-hydrogen) atoms. The summed E-state index contributed by atoms with van der Waals surface area (Å²) in [5.41, 5.74) is 1.20. The van der Waals surface area contributed by atoms with E-state index in [1.54, 1.807) is 0 Å². The fourth-order valence-electron chi connectivity index (χ4n) is 4.21. The van der Waals surface area contributed by atoms with E-state index in [9.17, 15) is 13.2 Å². The molecule has 1 amide bonds. The number of sulfonamides is 1. The molecule has 0 bridgehead atoms. The second kappa shape index (κ2) is 9.17. The Hall–Kier alpha value is -1.44. The maximum Gasteiger partial charge on any atom is 0.238 e. The van der Waals surface area contributed by atoms with Gasteiger partial charge in [0, 0.05) is 13.1 Å².